The second kappa shape index (κ2) is 10.2. The fourth-order valence-corrected chi connectivity index (χ4v) is 0.767. The molecule has 0 bridgehead atoms. The molecule has 60 valence electrons. The molecule has 0 aromatic carbocycles. The van der Waals surface area contributed by atoms with E-state index >= 15 is 0 Å². The molecule has 0 aromatic heterocycles. The van der Waals surface area contributed by atoms with Crippen molar-refractivity contribution in [2.24, 2.45) is 0 Å². The van der Waals surface area contributed by atoms with Crippen molar-refractivity contribution in [1.29, 1.82) is 0 Å². The molecule has 11 heavy (non-hydrogen) atoms. The van der Waals surface area contributed by atoms with Crippen molar-refractivity contribution in [2.75, 3.05) is 13.1 Å². The van der Waals surface area contributed by atoms with Crippen LogP contribution in [-0.4, -0.2) is 73.1 Å². The van der Waals surface area contributed by atoms with Gasteiger partial charge in [-0.15, -0.1) is 25.3 Å². The van der Waals surface area contributed by atoms with E-state index in [9.17, 15) is 0 Å². The molecule has 0 atom stereocenters. The molecule has 2 nitrogen and oxygen atoms in total. The van der Waals surface area contributed by atoms with Gasteiger partial charge in [-0.1, -0.05) is 24.4 Å². The van der Waals surface area contributed by atoms with Crippen LogP contribution in [0.3, 0.4) is 0 Å². The Morgan fingerprint density at radius 1 is 1.00 bits per heavy atom. The molecule has 0 spiro atoms. The van der Waals surface area contributed by atoms with Crippen LogP contribution in [0.5, 0.6) is 0 Å². The molecule has 7 heteroatoms. The van der Waals surface area contributed by atoms with Gasteiger partial charge in [0.1, 0.15) is 8.64 Å². The van der Waals surface area contributed by atoms with Crippen LogP contribution in [0.1, 0.15) is 0 Å². The summed E-state index contributed by atoms with van der Waals surface area (Å²) in [7, 11) is 0. The van der Waals surface area contributed by atoms with Crippen molar-refractivity contribution in [3.05, 3.63) is 0 Å². The molecule has 0 unspecified atom stereocenters. The molecule has 0 heterocycles. The van der Waals surface area contributed by atoms with Gasteiger partial charge in [-0.25, -0.2) is 0 Å². The number of hydrogen-bond donors (Lipinski definition) is 4. The van der Waals surface area contributed by atoms with E-state index in [-0.39, 0.29) is 51.4 Å². The number of nitrogens with one attached hydrogen (secondary N) is 2. The maximum atomic E-state index is 4.65. The van der Waals surface area contributed by atoms with Crippen molar-refractivity contribution in [1.82, 2.24) is 10.6 Å². The Morgan fingerprint density at radius 2 is 1.27 bits per heavy atom. The molecule has 2 N–H and O–H groups in total. The predicted molar refractivity (Wildman–Crippen MR) is 66.3 cm³/mol. The van der Waals surface area contributed by atoms with E-state index in [1.165, 1.54) is 0 Å². The molecule has 0 aliphatic heterocycles. The fraction of sp³-hybridized carbons (Fsp3) is 0.500. The molecule has 0 rings (SSSR count). The topological polar surface area (TPSA) is 24.1 Å². The molecule has 0 aromatic rings. The second-order valence-electron chi connectivity index (χ2n) is 1.46. The van der Waals surface area contributed by atoms with Crippen LogP contribution < -0.4 is 10.6 Å². The van der Waals surface area contributed by atoms with E-state index in [0.717, 1.165) is 0 Å². The fourth-order valence-electron chi connectivity index (χ4n) is 0.339. The Bertz CT molecular complexity index is 124. The van der Waals surface area contributed by atoms with Gasteiger partial charge in [-0.2, -0.15) is 0 Å². The van der Waals surface area contributed by atoms with Crippen molar-refractivity contribution >= 4 is 110 Å². The van der Waals surface area contributed by atoms with Gasteiger partial charge < -0.3 is 10.6 Å². The number of hydrogen-bond acceptors (Lipinski definition) is 2. The number of thiol groups is 2. The van der Waals surface area contributed by atoms with Crippen molar-refractivity contribution in [3.8, 4) is 0 Å². The normalized spacial score (nSPS) is 7.82. The van der Waals surface area contributed by atoms with Crippen LogP contribution in [0, 0.1) is 0 Å². The van der Waals surface area contributed by atoms with Crippen molar-refractivity contribution in [3.63, 3.8) is 0 Å². The van der Waals surface area contributed by atoms with Gasteiger partial charge in [0, 0.05) is 13.1 Å². The summed E-state index contributed by atoms with van der Waals surface area (Å²) in [5, 5.41) is 5.68. The minimum absolute atomic E-state index is 0. The first kappa shape index (κ1) is 15.6. The summed E-state index contributed by atoms with van der Waals surface area (Å²) in [5.41, 5.74) is 0. The summed E-state index contributed by atoms with van der Waals surface area (Å²) in [6.07, 6.45) is 0. The molecule has 0 radical (unpaired) electrons. The van der Waals surface area contributed by atoms with E-state index in [1.54, 1.807) is 0 Å². The number of rotatable bonds is 3. The molecular weight excluding hydrogens is 243 g/mol. The molecular formula is C4H9KN2S4. The standard InChI is InChI=1S/C4H8N2S4.K.H/c7-3(8)5-1-2-6-4(9)10;;/h1-2H2,(H2,5,7,8)(H2,6,9,10);;. The van der Waals surface area contributed by atoms with Gasteiger partial charge in [0.2, 0.25) is 0 Å². The van der Waals surface area contributed by atoms with Crippen molar-refractivity contribution in [2.45, 2.75) is 0 Å². The summed E-state index contributed by atoms with van der Waals surface area (Å²) in [6.45, 7) is 1.42. The first-order valence-electron chi connectivity index (χ1n) is 2.56. The van der Waals surface area contributed by atoms with E-state index < -0.39 is 0 Å². The first-order valence-corrected chi connectivity index (χ1v) is 4.27. The van der Waals surface area contributed by atoms with Crippen LogP contribution in [0.2, 0.25) is 0 Å². The predicted octanol–water partition coefficient (Wildman–Crippen LogP) is -0.0535. The zero-order valence-corrected chi connectivity index (χ0v) is 8.55. The summed E-state index contributed by atoms with van der Waals surface area (Å²) in [6, 6.07) is 0. The van der Waals surface area contributed by atoms with Gasteiger partial charge in [-0.3, -0.25) is 0 Å². The quantitative estimate of drug-likeness (QED) is 0.245. The van der Waals surface area contributed by atoms with E-state index in [0.29, 0.717) is 21.7 Å². The minimum atomic E-state index is 0. The van der Waals surface area contributed by atoms with Crippen LogP contribution in [0.4, 0.5) is 0 Å². The Morgan fingerprint density at radius 3 is 1.45 bits per heavy atom. The zero-order chi connectivity index (χ0) is 7.98. The van der Waals surface area contributed by atoms with Gasteiger partial charge >= 0.3 is 51.4 Å². The van der Waals surface area contributed by atoms with Gasteiger partial charge in [0.25, 0.3) is 0 Å². The summed E-state index contributed by atoms with van der Waals surface area (Å²) in [5.74, 6) is 0. The Labute approximate surface area is 131 Å². The second-order valence-corrected chi connectivity index (χ2v) is 3.78. The molecule has 0 fully saturated rings. The third-order valence-electron chi connectivity index (χ3n) is 0.677. The SMILES string of the molecule is S=C(S)NCCNC(=S)S.[KH]. The molecule has 0 aliphatic rings. The summed E-state index contributed by atoms with van der Waals surface area (Å²) < 4.78 is 0.985. The average molecular weight is 252 g/mol. The maximum absolute atomic E-state index is 4.65. The van der Waals surface area contributed by atoms with E-state index in [2.05, 4.69) is 60.3 Å². The van der Waals surface area contributed by atoms with Crippen LogP contribution >= 0.6 is 49.7 Å². The third-order valence-corrected chi connectivity index (χ3v) is 1.28. The molecule has 0 saturated heterocycles. The van der Waals surface area contributed by atoms with Gasteiger partial charge in [-0.05, 0) is 0 Å². The summed E-state index contributed by atoms with van der Waals surface area (Å²) >= 11 is 17.0. The summed E-state index contributed by atoms with van der Waals surface area (Å²) in [4.78, 5) is 0. The van der Waals surface area contributed by atoms with Gasteiger partial charge in [0.15, 0.2) is 0 Å². The van der Waals surface area contributed by atoms with Crippen molar-refractivity contribution < 1.29 is 0 Å². The van der Waals surface area contributed by atoms with Crippen LogP contribution in [0.15, 0.2) is 0 Å². The Kier molecular flexibility index (Phi) is 14.4. The third kappa shape index (κ3) is 14.9. The Balaban J connectivity index is 0. The molecule has 0 saturated carbocycles. The van der Waals surface area contributed by atoms with E-state index in [4.69, 9.17) is 0 Å². The molecule has 0 aliphatic carbocycles. The van der Waals surface area contributed by atoms with Gasteiger partial charge in [0.05, 0.1) is 0 Å². The number of thiocarbonyl (C=S) groups is 2. The van der Waals surface area contributed by atoms with Crippen LogP contribution in [-0.2, 0) is 0 Å². The van der Waals surface area contributed by atoms with Crippen LogP contribution in [0.25, 0.3) is 0 Å². The van der Waals surface area contributed by atoms with E-state index in [1.807, 2.05) is 0 Å². The first-order chi connectivity index (χ1) is 4.63. The monoisotopic (exact) mass is 252 g/mol. The zero-order valence-electron chi connectivity index (χ0n) is 5.13. The Hall–Kier alpha value is 2.12. The average Bonchev–Trinajstić information content (AvgIpc) is 1.79. The molecule has 0 amide bonds.